The van der Waals surface area contributed by atoms with Crippen LogP contribution in [0.15, 0.2) is 36.7 Å². The molecule has 0 atom stereocenters. The fourth-order valence-electron chi connectivity index (χ4n) is 2.16. The number of aromatic nitrogens is 1. The number of hydrogen-bond acceptors (Lipinski definition) is 3. The molecule has 0 bridgehead atoms. The van der Waals surface area contributed by atoms with Crippen LogP contribution < -0.4 is 5.32 Å². The molecule has 0 amide bonds. The van der Waals surface area contributed by atoms with Gasteiger partial charge in [-0.1, -0.05) is 18.5 Å². The number of nitro benzene ring substituents is 1. The van der Waals surface area contributed by atoms with Crippen LogP contribution in [0.5, 0.6) is 0 Å². The van der Waals surface area contributed by atoms with E-state index in [0.29, 0.717) is 17.1 Å². The lowest BCUT2D eigenvalue weighted by Gasteiger charge is -2.05. The van der Waals surface area contributed by atoms with E-state index < -0.39 is 0 Å². The normalized spacial score (nSPS) is 10.8. The van der Waals surface area contributed by atoms with Crippen LogP contribution in [-0.2, 0) is 13.1 Å². The molecule has 0 saturated carbocycles. The molecule has 6 heteroatoms. The fourth-order valence-corrected chi connectivity index (χ4v) is 2.35. The number of nitrogens with zero attached hydrogens (tertiary/aromatic N) is 2. The summed E-state index contributed by atoms with van der Waals surface area (Å²) < 4.78 is 1.93. The molecule has 1 aromatic carbocycles. The lowest BCUT2D eigenvalue weighted by molar-refractivity contribution is -0.385. The maximum atomic E-state index is 11.0. The summed E-state index contributed by atoms with van der Waals surface area (Å²) in [5.74, 6) is 0. The first-order valence-electron chi connectivity index (χ1n) is 6.88. The lowest BCUT2D eigenvalue weighted by atomic mass is 10.2. The van der Waals surface area contributed by atoms with Crippen LogP contribution in [0, 0.1) is 10.1 Å². The third-order valence-electron chi connectivity index (χ3n) is 3.16. The molecule has 1 heterocycles. The highest BCUT2D eigenvalue weighted by molar-refractivity contribution is 6.30. The number of nitro groups is 1. The zero-order valence-corrected chi connectivity index (χ0v) is 12.6. The first kappa shape index (κ1) is 15.5. The Labute approximate surface area is 128 Å². The summed E-state index contributed by atoms with van der Waals surface area (Å²) in [6, 6.07) is 6.65. The smallest absolute Gasteiger partial charge is 0.274 e. The molecule has 0 aliphatic rings. The monoisotopic (exact) mass is 307 g/mol. The summed E-state index contributed by atoms with van der Waals surface area (Å²) in [5, 5.41) is 14.9. The van der Waals surface area contributed by atoms with Gasteiger partial charge in [0.05, 0.1) is 17.0 Å². The maximum Gasteiger partial charge on any atom is 0.274 e. The van der Waals surface area contributed by atoms with Crippen molar-refractivity contribution in [2.24, 2.45) is 0 Å². The van der Waals surface area contributed by atoms with Gasteiger partial charge in [-0.15, -0.1) is 0 Å². The van der Waals surface area contributed by atoms with Gasteiger partial charge in [-0.2, -0.15) is 0 Å². The molecule has 2 rings (SSSR count). The van der Waals surface area contributed by atoms with Gasteiger partial charge < -0.3 is 9.88 Å². The highest BCUT2D eigenvalue weighted by atomic mass is 35.5. The molecule has 0 fully saturated rings. The van der Waals surface area contributed by atoms with E-state index in [-0.39, 0.29) is 10.6 Å². The van der Waals surface area contributed by atoms with Crippen LogP contribution in [0.1, 0.15) is 24.5 Å². The van der Waals surface area contributed by atoms with Crippen LogP contribution in [-0.4, -0.2) is 16.0 Å². The zero-order chi connectivity index (χ0) is 15.2. The molecule has 0 saturated heterocycles. The minimum atomic E-state index is -0.376. The summed E-state index contributed by atoms with van der Waals surface area (Å²) in [6.07, 6.45) is 5.01. The van der Waals surface area contributed by atoms with Crippen molar-refractivity contribution in [2.45, 2.75) is 26.4 Å². The Hall–Kier alpha value is -1.85. The highest BCUT2D eigenvalue weighted by Gasteiger charge is 2.14. The van der Waals surface area contributed by atoms with Crippen molar-refractivity contribution < 1.29 is 4.92 Å². The van der Waals surface area contributed by atoms with Gasteiger partial charge >= 0.3 is 0 Å². The molecule has 1 aromatic heterocycles. The third-order valence-corrected chi connectivity index (χ3v) is 3.39. The molecule has 0 aliphatic heterocycles. The summed E-state index contributed by atoms with van der Waals surface area (Å²) in [6.45, 7) is 4.34. The van der Waals surface area contributed by atoms with E-state index in [4.69, 9.17) is 11.6 Å². The van der Waals surface area contributed by atoms with Crippen molar-refractivity contribution in [3.8, 4) is 0 Å². The van der Waals surface area contributed by atoms with Crippen LogP contribution in [0.25, 0.3) is 0 Å². The molecule has 0 spiro atoms. The standard InChI is InChI=1S/C15H18ClN3O2/c1-2-6-17-9-12-5-7-18(10-12)11-13-8-14(16)3-4-15(13)19(20)21/h3-5,7-8,10,17H,2,6,9,11H2,1H3. The number of halogens is 1. The van der Waals surface area contributed by atoms with Gasteiger partial charge in [0, 0.05) is 30.0 Å². The molecule has 1 N–H and O–H groups in total. The largest absolute Gasteiger partial charge is 0.349 e. The van der Waals surface area contributed by atoms with Crippen LogP contribution in [0.2, 0.25) is 5.02 Å². The predicted molar refractivity (Wildman–Crippen MR) is 83.6 cm³/mol. The van der Waals surface area contributed by atoms with Gasteiger partial charge in [-0.05, 0) is 36.7 Å². The second kappa shape index (κ2) is 7.24. The van der Waals surface area contributed by atoms with Crippen molar-refractivity contribution in [3.05, 3.63) is 62.9 Å². The Bertz CT molecular complexity index is 625. The molecule has 0 radical (unpaired) electrons. The molecular weight excluding hydrogens is 290 g/mol. The van der Waals surface area contributed by atoms with Crippen LogP contribution >= 0.6 is 11.6 Å². The van der Waals surface area contributed by atoms with Crippen molar-refractivity contribution >= 4 is 17.3 Å². The van der Waals surface area contributed by atoms with E-state index in [1.54, 1.807) is 12.1 Å². The van der Waals surface area contributed by atoms with Gasteiger partial charge in [-0.25, -0.2) is 0 Å². The second-order valence-corrected chi connectivity index (χ2v) is 5.34. The van der Waals surface area contributed by atoms with Crippen molar-refractivity contribution in [1.82, 2.24) is 9.88 Å². The first-order chi connectivity index (χ1) is 10.1. The van der Waals surface area contributed by atoms with E-state index >= 15 is 0 Å². The number of nitrogens with one attached hydrogen (secondary N) is 1. The molecule has 21 heavy (non-hydrogen) atoms. The molecule has 112 valence electrons. The summed E-state index contributed by atoms with van der Waals surface area (Å²) in [4.78, 5) is 10.7. The molecule has 5 nitrogen and oxygen atoms in total. The van der Waals surface area contributed by atoms with E-state index in [2.05, 4.69) is 12.2 Å². The lowest BCUT2D eigenvalue weighted by Crippen LogP contribution is -2.13. The minimum Gasteiger partial charge on any atom is -0.349 e. The van der Waals surface area contributed by atoms with Crippen LogP contribution in [0.4, 0.5) is 5.69 Å². The third kappa shape index (κ3) is 4.31. The predicted octanol–water partition coefficient (Wildman–Crippen LogP) is 3.60. The Morgan fingerprint density at radius 3 is 2.90 bits per heavy atom. The van der Waals surface area contributed by atoms with Gasteiger partial charge in [0.15, 0.2) is 0 Å². The van der Waals surface area contributed by atoms with Crippen LogP contribution in [0.3, 0.4) is 0 Å². The van der Waals surface area contributed by atoms with Gasteiger partial charge in [0.2, 0.25) is 0 Å². The van der Waals surface area contributed by atoms with Crippen molar-refractivity contribution in [2.75, 3.05) is 6.54 Å². The van der Waals surface area contributed by atoms with E-state index in [1.807, 2.05) is 23.0 Å². The summed E-state index contributed by atoms with van der Waals surface area (Å²) in [5.41, 5.74) is 1.86. The summed E-state index contributed by atoms with van der Waals surface area (Å²) >= 11 is 5.94. The van der Waals surface area contributed by atoms with Gasteiger partial charge in [0.1, 0.15) is 0 Å². The second-order valence-electron chi connectivity index (χ2n) is 4.90. The van der Waals surface area contributed by atoms with Gasteiger partial charge in [-0.3, -0.25) is 10.1 Å². The average Bonchev–Trinajstić information content (AvgIpc) is 2.86. The minimum absolute atomic E-state index is 0.0961. The number of hydrogen-bond donors (Lipinski definition) is 1. The topological polar surface area (TPSA) is 60.1 Å². The number of benzene rings is 1. The SMILES string of the molecule is CCCNCc1ccn(Cc2cc(Cl)ccc2[N+](=O)[O-])c1. The molecule has 0 aliphatic carbocycles. The quantitative estimate of drug-likeness (QED) is 0.483. The van der Waals surface area contributed by atoms with E-state index in [9.17, 15) is 10.1 Å². The summed E-state index contributed by atoms with van der Waals surface area (Å²) in [7, 11) is 0. The maximum absolute atomic E-state index is 11.0. The first-order valence-corrected chi connectivity index (χ1v) is 7.26. The van der Waals surface area contributed by atoms with E-state index in [1.165, 1.54) is 6.07 Å². The van der Waals surface area contributed by atoms with Crippen molar-refractivity contribution in [3.63, 3.8) is 0 Å². The number of rotatable bonds is 7. The molecule has 0 unspecified atom stereocenters. The Morgan fingerprint density at radius 1 is 1.38 bits per heavy atom. The van der Waals surface area contributed by atoms with E-state index in [0.717, 1.165) is 25.1 Å². The Kier molecular flexibility index (Phi) is 5.36. The fraction of sp³-hybridized carbons (Fsp3) is 0.333. The molecule has 2 aromatic rings. The molecular formula is C15H18ClN3O2. The Balaban J connectivity index is 2.11. The average molecular weight is 308 g/mol. The Morgan fingerprint density at radius 2 is 2.19 bits per heavy atom. The zero-order valence-electron chi connectivity index (χ0n) is 11.9. The highest BCUT2D eigenvalue weighted by Crippen LogP contribution is 2.23. The van der Waals surface area contributed by atoms with Gasteiger partial charge in [0.25, 0.3) is 5.69 Å². The van der Waals surface area contributed by atoms with Crippen molar-refractivity contribution in [1.29, 1.82) is 0 Å².